The monoisotopic (exact) mass is 718 g/mol. The van der Waals surface area contributed by atoms with Crippen LogP contribution in [0.1, 0.15) is 49.9 Å². The second-order valence-corrected chi connectivity index (χ2v) is 16.5. The molecule has 2 nitrogen and oxygen atoms in total. The van der Waals surface area contributed by atoms with Crippen LogP contribution in [0.15, 0.2) is 182 Å². The highest BCUT2D eigenvalue weighted by Gasteiger charge is 2.42. The van der Waals surface area contributed by atoms with Crippen molar-refractivity contribution in [2.45, 2.75) is 38.5 Å². The Balaban J connectivity index is 1.31. The van der Waals surface area contributed by atoms with Gasteiger partial charge in [0.05, 0.1) is 33.8 Å². The Morgan fingerprint density at radius 1 is 0.393 bits per heavy atom. The van der Waals surface area contributed by atoms with Crippen molar-refractivity contribution in [2.24, 2.45) is 0 Å². The van der Waals surface area contributed by atoms with E-state index in [2.05, 4.69) is 219 Å². The first kappa shape index (κ1) is 32.8. The fraction of sp³-hybridized carbons (Fsp3) is 0.111. The van der Waals surface area contributed by atoms with Gasteiger partial charge in [-0.1, -0.05) is 173 Å². The molecule has 56 heavy (non-hydrogen) atoms. The number of hydrogen-bond acceptors (Lipinski definition) is 1. The number of fused-ring (bicyclic) bond motifs is 9. The van der Waals surface area contributed by atoms with Crippen LogP contribution in [0, 0.1) is 0 Å². The van der Waals surface area contributed by atoms with Crippen molar-refractivity contribution in [1.29, 1.82) is 0 Å². The zero-order valence-electron chi connectivity index (χ0n) is 32.2. The van der Waals surface area contributed by atoms with Gasteiger partial charge in [-0.15, -0.1) is 0 Å². The third kappa shape index (κ3) is 4.50. The number of nitrogens with zero attached hydrogens (tertiary/aromatic N) is 2. The molecule has 0 amide bonds. The van der Waals surface area contributed by atoms with Crippen LogP contribution in [0.5, 0.6) is 0 Å². The number of rotatable bonds is 5. The van der Waals surface area contributed by atoms with Crippen LogP contribution < -0.4 is 4.90 Å². The molecular formula is C54H42N2. The molecule has 0 radical (unpaired) electrons. The molecule has 0 unspecified atom stereocenters. The van der Waals surface area contributed by atoms with Crippen molar-refractivity contribution in [1.82, 2.24) is 4.57 Å². The lowest BCUT2D eigenvalue weighted by atomic mass is 9.81. The standard InChI is InChI=1S/C54H42N2/c1-53(2)43-26-13-9-23-41(43)51-44(53)27-17-30-48(51)56(49-31-16-24-40-37-20-8-12-25-42(37)54(3,4)52(40)49)50-34-36(35-18-6-5-7-19-35)32-33-47(50)55-45-28-14-10-21-38(45)39-22-11-15-29-46(39)55/h5-34H,1-4H3. The molecular weight excluding hydrogens is 677 g/mol. The number of benzene rings is 8. The maximum Gasteiger partial charge on any atom is 0.0709 e. The van der Waals surface area contributed by atoms with E-state index in [0.717, 1.165) is 11.4 Å². The Hall–Kier alpha value is -6.64. The average Bonchev–Trinajstić information content (AvgIpc) is 3.79. The molecule has 268 valence electrons. The van der Waals surface area contributed by atoms with Crippen LogP contribution in [0.3, 0.4) is 0 Å². The molecule has 0 atom stereocenters. The Bertz CT molecular complexity index is 2980. The minimum atomic E-state index is -0.236. The number of aromatic nitrogens is 1. The maximum absolute atomic E-state index is 2.62. The Morgan fingerprint density at radius 3 is 1.68 bits per heavy atom. The van der Waals surface area contributed by atoms with Crippen LogP contribution >= 0.6 is 0 Å². The van der Waals surface area contributed by atoms with Gasteiger partial charge >= 0.3 is 0 Å². The summed E-state index contributed by atoms with van der Waals surface area (Å²) < 4.78 is 2.49. The number of para-hydroxylation sites is 2. The quantitative estimate of drug-likeness (QED) is 0.172. The van der Waals surface area contributed by atoms with Gasteiger partial charge in [0.2, 0.25) is 0 Å². The van der Waals surface area contributed by atoms with Crippen molar-refractivity contribution in [3.8, 4) is 39.1 Å². The highest BCUT2D eigenvalue weighted by atomic mass is 15.2. The van der Waals surface area contributed by atoms with Gasteiger partial charge in [-0.05, 0) is 86.5 Å². The van der Waals surface area contributed by atoms with Gasteiger partial charge in [0.15, 0.2) is 0 Å². The lowest BCUT2D eigenvalue weighted by molar-refractivity contribution is 0.659. The number of anilines is 3. The summed E-state index contributed by atoms with van der Waals surface area (Å²) in [6.07, 6.45) is 0. The zero-order valence-corrected chi connectivity index (χ0v) is 32.2. The zero-order chi connectivity index (χ0) is 37.8. The van der Waals surface area contributed by atoms with Crippen LogP contribution in [0.4, 0.5) is 17.1 Å². The smallest absolute Gasteiger partial charge is 0.0709 e. The van der Waals surface area contributed by atoms with Crippen LogP contribution in [-0.2, 0) is 10.8 Å². The predicted molar refractivity (Wildman–Crippen MR) is 236 cm³/mol. The van der Waals surface area contributed by atoms with Gasteiger partial charge in [0.1, 0.15) is 0 Å². The molecule has 0 N–H and O–H groups in total. The van der Waals surface area contributed by atoms with Gasteiger partial charge in [-0.25, -0.2) is 0 Å². The van der Waals surface area contributed by atoms with Gasteiger partial charge in [-0.2, -0.15) is 0 Å². The van der Waals surface area contributed by atoms with Gasteiger partial charge in [0, 0.05) is 27.2 Å². The summed E-state index contributed by atoms with van der Waals surface area (Å²) in [6, 6.07) is 67.6. The largest absolute Gasteiger partial charge is 0.307 e. The normalized spacial score (nSPS) is 14.4. The van der Waals surface area contributed by atoms with Crippen molar-refractivity contribution in [3.63, 3.8) is 0 Å². The highest BCUT2D eigenvalue weighted by molar-refractivity contribution is 6.10. The Morgan fingerprint density at radius 2 is 0.946 bits per heavy atom. The first-order valence-corrected chi connectivity index (χ1v) is 19.8. The molecule has 0 saturated heterocycles. The summed E-state index contributed by atoms with van der Waals surface area (Å²) in [7, 11) is 0. The fourth-order valence-electron chi connectivity index (χ4n) is 10.2. The summed E-state index contributed by atoms with van der Waals surface area (Å²) in [5.74, 6) is 0. The first-order valence-electron chi connectivity index (χ1n) is 19.8. The van der Waals surface area contributed by atoms with Crippen molar-refractivity contribution in [2.75, 3.05) is 4.90 Å². The molecule has 0 bridgehead atoms. The maximum atomic E-state index is 2.62. The van der Waals surface area contributed by atoms with Crippen molar-refractivity contribution in [3.05, 3.63) is 204 Å². The predicted octanol–water partition coefficient (Wildman–Crippen LogP) is 14.5. The highest BCUT2D eigenvalue weighted by Crippen LogP contribution is 2.59. The third-order valence-corrected chi connectivity index (χ3v) is 12.8. The van der Waals surface area contributed by atoms with E-state index in [1.54, 1.807) is 0 Å². The summed E-state index contributed by atoms with van der Waals surface area (Å²) in [5.41, 5.74) is 19.7. The Labute approximate surface area is 328 Å². The second-order valence-electron chi connectivity index (χ2n) is 16.5. The molecule has 2 heteroatoms. The van der Waals surface area contributed by atoms with E-state index >= 15 is 0 Å². The van der Waals surface area contributed by atoms with E-state index in [0.29, 0.717) is 0 Å². The molecule has 0 saturated carbocycles. The fourth-order valence-corrected chi connectivity index (χ4v) is 10.2. The van der Waals surface area contributed by atoms with E-state index in [-0.39, 0.29) is 10.8 Å². The summed E-state index contributed by atoms with van der Waals surface area (Å²) in [4.78, 5) is 2.62. The second kappa shape index (κ2) is 11.9. The lowest BCUT2D eigenvalue weighted by Crippen LogP contribution is -2.22. The Kier molecular flexibility index (Phi) is 6.98. The molecule has 1 heterocycles. The van der Waals surface area contributed by atoms with E-state index in [1.807, 2.05) is 0 Å². The minimum Gasteiger partial charge on any atom is -0.307 e. The van der Waals surface area contributed by atoms with Gasteiger partial charge < -0.3 is 9.47 Å². The first-order chi connectivity index (χ1) is 27.3. The van der Waals surface area contributed by atoms with Crippen molar-refractivity contribution >= 4 is 38.9 Å². The van der Waals surface area contributed by atoms with E-state index in [9.17, 15) is 0 Å². The molecule has 9 aromatic rings. The summed E-state index contributed by atoms with van der Waals surface area (Å²) >= 11 is 0. The van der Waals surface area contributed by atoms with E-state index < -0.39 is 0 Å². The SMILES string of the molecule is CC1(C)c2ccccc2-c2c(N(c3cc(-c4ccccc4)ccc3-n3c4ccccc4c4ccccc43)c3cccc4c3C(C)(C)c3ccccc3-4)cccc21. The molecule has 8 aromatic carbocycles. The summed E-state index contributed by atoms with van der Waals surface area (Å²) in [6.45, 7) is 9.57. The van der Waals surface area contributed by atoms with Gasteiger partial charge in [0.25, 0.3) is 0 Å². The lowest BCUT2D eigenvalue weighted by Gasteiger charge is -2.35. The topological polar surface area (TPSA) is 8.17 Å². The van der Waals surface area contributed by atoms with Crippen LogP contribution in [0.25, 0.3) is 60.9 Å². The van der Waals surface area contributed by atoms with E-state index in [4.69, 9.17) is 0 Å². The molecule has 0 aliphatic heterocycles. The summed E-state index contributed by atoms with van der Waals surface area (Å²) in [5, 5.41) is 2.50. The molecule has 1 aromatic heterocycles. The van der Waals surface area contributed by atoms with Crippen LogP contribution in [-0.4, -0.2) is 4.57 Å². The van der Waals surface area contributed by atoms with Crippen LogP contribution in [0.2, 0.25) is 0 Å². The molecule has 2 aliphatic rings. The minimum absolute atomic E-state index is 0.150. The molecule has 0 spiro atoms. The third-order valence-electron chi connectivity index (χ3n) is 12.8. The average molecular weight is 719 g/mol. The molecule has 2 aliphatic carbocycles. The van der Waals surface area contributed by atoms with Gasteiger partial charge in [-0.3, -0.25) is 0 Å². The molecule has 11 rings (SSSR count). The molecule has 0 fully saturated rings. The van der Waals surface area contributed by atoms with Crippen molar-refractivity contribution < 1.29 is 0 Å². The number of hydrogen-bond donors (Lipinski definition) is 0. The van der Waals surface area contributed by atoms with E-state index in [1.165, 1.54) is 88.8 Å².